The Balaban J connectivity index is 1.19. The Morgan fingerprint density at radius 1 is 0.667 bits per heavy atom. The second-order valence-corrected chi connectivity index (χ2v) is 15.7. The van der Waals surface area contributed by atoms with E-state index in [9.17, 15) is 24.0 Å². The summed E-state index contributed by atoms with van der Waals surface area (Å²) < 4.78 is 5.34. The number of carbonyl (C=O) groups is 5. The van der Waals surface area contributed by atoms with Gasteiger partial charge in [0.05, 0.1) is 17.7 Å². The lowest BCUT2D eigenvalue weighted by atomic mass is 10.0. The number of carboxylic acids is 1. The van der Waals surface area contributed by atoms with Crippen LogP contribution in [-0.2, 0) is 40.3 Å². The third-order valence-corrected chi connectivity index (χ3v) is 10.9. The molecule has 0 spiro atoms. The number of aromatic nitrogens is 1. The molecule has 1 aromatic heterocycles. The number of amides is 3. The molecule has 63 heavy (non-hydrogen) atoms. The van der Waals surface area contributed by atoms with Gasteiger partial charge in [-0.25, -0.2) is 9.78 Å². The van der Waals surface area contributed by atoms with Gasteiger partial charge in [-0.05, 0) is 96.5 Å². The number of carboxylic acid groups (broad SMARTS) is 1. The summed E-state index contributed by atoms with van der Waals surface area (Å²) in [4.78, 5) is 74.4. The summed E-state index contributed by atoms with van der Waals surface area (Å²) in [7, 11) is 5.38. The van der Waals surface area contributed by atoms with E-state index in [1.54, 1.807) is 47.2 Å². The van der Waals surface area contributed by atoms with Crippen LogP contribution in [0.5, 0.6) is 0 Å². The molecule has 0 unspecified atom stereocenters. The van der Waals surface area contributed by atoms with E-state index in [1.807, 2.05) is 99.0 Å². The van der Waals surface area contributed by atoms with Crippen molar-refractivity contribution in [3.8, 4) is 0 Å². The molecule has 1 heterocycles. The molecule has 13 nitrogen and oxygen atoms in total. The smallest absolute Gasteiger partial charge is 0.335 e. The van der Waals surface area contributed by atoms with Crippen LogP contribution in [0.1, 0.15) is 93.0 Å². The molecule has 3 N–H and O–H groups in total. The van der Waals surface area contributed by atoms with Gasteiger partial charge in [-0.1, -0.05) is 80.6 Å². The summed E-state index contributed by atoms with van der Waals surface area (Å²) in [5.74, 6) is -1.84. The lowest BCUT2D eigenvalue weighted by molar-refractivity contribution is -0.147. The molecule has 0 aliphatic carbocycles. The van der Waals surface area contributed by atoms with Crippen LogP contribution in [0.2, 0.25) is 0 Å². The zero-order valence-electron chi connectivity index (χ0n) is 36.8. The highest BCUT2D eigenvalue weighted by molar-refractivity contribution is 6.11. The molecule has 0 radical (unpaired) electrons. The summed E-state index contributed by atoms with van der Waals surface area (Å²) in [6, 6.07) is 34.8. The zero-order chi connectivity index (χ0) is 45.3. The number of hydrogen-bond donors (Lipinski definition) is 3. The molecule has 0 saturated carbocycles. The highest BCUT2D eigenvalue weighted by Gasteiger charge is 2.21. The topological polar surface area (TPSA) is 161 Å². The molecule has 330 valence electrons. The van der Waals surface area contributed by atoms with Crippen molar-refractivity contribution >= 4 is 46.9 Å². The maximum absolute atomic E-state index is 13.8. The van der Waals surface area contributed by atoms with Gasteiger partial charge in [-0.3, -0.25) is 24.1 Å². The van der Waals surface area contributed by atoms with Gasteiger partial charge in [0.15, 0.2) is 5.69 Å². The van der Waals surface area contributed by atoms with Crippen LogP contribution in [0.3, 0.4) is 0 Å². The maximum Gasteiger partial charge on any atom is 0.335 e. The SMILES string of the molecule is CCC(CC)N(CCN(C)C(=O)CCC(=O)OCc1ccccc1)Cc1cccc(C(=O)Nc2ccc(N(C)C)nc2C(=O)Nc2ccc(CCc3ccc(C(=O)O)cc3)cc2)c1. The molecule has 13 heteroatoms. The predicted molar refractivity (Wildman–Crippen MR) is 246 cm³/mol. The van der Waals surface area contributed by atoms with Gasteiger partial charge in [0, 0.05) is 64.5 Å². The number of aromatic carboxylic acids is 1. The third kappa shape index (κ3) is 14.4. The number of esters is 1. The van der Waals surface area contributed by atoms with E-state index in [0.717, 1.165) is 47.9 Å². The summed E-state index contributed by atoms with van der Waals surface area (Å²) in [6.07, 6.45) is 3.34. The second kappa shape index (κ2) is 23.4. The van der Waals surface area contributed by atoms with Crippen molar-refractivity contribution < 1.29 is 33.8 Å². The number of aryl methyl sites for hydroxylation is 2. The number of nitrogens with zero attached hydrogens (tertiary/aromatic N) is 4. The van der Waals surface area contributed by atoms with Crippen LogP contribution in [0.4, 0.5) is 17.2 Å². The Morgan fingerprint density at radius 3 is 1.95 bits per heavy atom. The molecule has 0 fully saturated rings. The molecular formula is C50H58N6O7. The monoisotopic (exact) mass is 854 g/mol. The average Bonchev–Trinajstić information content (AvgIpc) is 3.29. The lowest BCUT2D eigenvalue weighted by Crippen LogP contribution is -2.41. The van der Waals surface area contributed by atoms with E-state index in [2.05, 4.69) is 34.4 Å². The van der Waals surface area contributed by atoms with Crippen molar-refractivity contribution in [1.82, 2.24) is 14.8 Å². The fraction of sp³-hybridized carbons (Fsp3) is 0.320. The Kier molecular flexibility index (Phi) is 17.5. The number of likely N-dealkylation sites (N-methyl/N-ethyl adjacent to an activating group) is 1. The second-order valence-electron chi connectivity index (χ2n) is 15.7. The molecule has 0 saturated heterocycles. The molecule has 0 atom stereocenters. The van der Waals surface area contributed by atoms with Crippen molar-refractivity contribution in [3.63, 3.8) is 0 Å². The Bertz CT molecular complexity index is 2310. The van der Waals surface area contributed by atoms with Gasteiger partial charge in [-0.15, -0.1) is 0 Å². The van der Waals surface area contributed by atoms with Crippen LogP contribution < -0.4 is 15.5 Å². The number of benzene rings is 4. The van der Waals surface area contributed by atoms with Crippen molar-refractivity contribution in [1.29, 1.82) is 0 Å². The average molecular weight is 855 g/mol. The first-order chi connectivity index (χ1) is 30.3. The Labute approximate surface area is 370 Å². The van der Waals surface area contributed by atoms with E-state index in [1.165, 1.54) is 0 Å². The van der Waals surface area contributed by atoms with E-state index >= 15 is 0 Å². The molecule has 3 amide bonds. The van der Waals surface area contributed by atoms with E-state index in [-0.39, 0.29) is 48.3 Å². The quantitative estimate of drug-likeness (QED) is 0.0581. The first kappa shape index (κ1) is 47.2. The van der Waals surface area contributed by atoms with Crippen molar-refractivity contribution in [2.75, 3.05) is 49.8 Å². The summed E-state index contributed by atoms with van der Waals surface area (Å²) in [6.45, 7) is 6.05. The van der Waals surface area contributed by atoms with Crippen molar-refractivity contribution in [2.24, 2.45) is 0 Å². The molecular weight excluding hydrogens is 797 g/mol. The number of ether oxygens (including phenoxy) is 1. The van der Waals surface area contributed by atoms with Crippen LogP contribution >= 0.6 is 0 Å². The van der Waals surface area contributed by atoms with E-state index in [4.69, 9.17) is 9.84 Å². The zero-order valence-corrected chi connectivity index (χ0v) is 36.8. The molecule has 4 aromatic carbocycles. The number of pyridine rings is 1. The first-order valence-electron chi connectivity index (χ1n) is 21.3. The first-order valence-corrected chi connectivity index (χ1v) is 21.3. The normalized spacial score (nSPS) is 11.0. The highest BCUT2D eigenvalue weighted by Crippen LogP contribution is 2.23. The molecule has 5 rings (SSSR count). The van der Waals surface area contributed by atoms with Crippen molar-refractivity contribution in [3.05, 3.63) is 154 Å². The van der Waals surface area contributed by atoms with Gasteiger partial charge < -0.3 is 30.3 Å². The van der Waals surface area contributed by atoms with Gasteiger partial charge >= 0.3 is 11.9 Å². The van der Waals surface area contributed by atoms with Crippen LogP contribution in [0, 0.1) is 0 Å². The molecule has 0 bridgehead atoms. The molecule has 0 aliphatic heterocycles. The Morgan fingerprint density at radius 2 is 1.32 bits per heavy atom. The molecule has 5 aromatic rings. The number of hydrogen-bond acceptors (Lipinski definition) is 9. The fourth-order valence-corrected chi connectivity index (χ4v) is 7.07. The van der Waals surface area contributed by atoms with E-state index in [0.29, 0.717) is 36.7 Å². The molecule has 0 aliphatic rings. The standard InChI is InChI=1S/C50H58N6O7/c1-6-42(7-2)56(31-30-55(5)45(57)28-29-46(58)63-34-37-12-9-8-10-13-37)33-38-14-11-15-40(32-38)48(59)52-43-26-27-44(54(3)4)53-47(43)49(60)51-41-24-20-36(21-25-41)17-16-35-18-22-39(23-19-35)50(61)62/h8-15,18-27,32,42H,6-7,16-17,28-31,33-34H2,1-5H3,(H,51,60)(H,52,59)(H,61,62). The van der Waals surface area contributed by atoms with Gasteiger partial charge in [0.25, 0.3) is 11.8 Å². The fourth-order valence-electron chi connectivity index (χ4n) is 7.07. The van der Waals surface area contributed by atoms with Gasteiger partial charge in [0.2, 0.25) is 5.91 Å². The number of anilines is 3. The van der Waals surface area contributed by atoms with E-state index < -0.39 is 23.8 Å². The van der Waals surface area contributed by atoms with Crippen LogP contribution in [0.15, 0.2) is 115 Å². The van der Waals surface area contributed by atoms with Gasteiger partial charge in [0.1, 0.15) is 12.4 Å². The van der Waals surface area contributed by atoms with Crippen LogP contribution in [0.25, 0.3) is 0 Å². The van der Waals surface area contributed by atoms with Crippen LogP contribution in [-0.4, -0.2) is 89.8 Å². The third-order valence-electron chi connectivity index (χ3n) is 10.9. The largest absolute Gasteiger partial charge is 0.478 e. The summed E-state index contributed by atoms with van der Waals surface area (Å²) >= 11 is 0. The summed E-state index contributed by atoms with van der Waals surface area (Å²) in [5.41, 5.74) is 5.43. The number of rotatable bonds is 22. The number of nitrogens with one attached hydrogen (secondary N) is 2. The van der Waals surface area contributed by atoms with Crippen molar-refractivity contribution in [2.45, 2.75) is 71.6 Å². The minimum atomic E-state index is -0.957. The minimum absolute atomic E-state index is 0.00904. The predicted octanol–water partition coefficient (Wildman–Crippen LogP) is 8.11. The number of carbonyl (C=O) groups excluding carboxylic acids is 4. The summed E-state index contributed by atoms with van der Waals surface area (Å²) in [5, 5.41) is 15.0. The highest BCUT2D eigenvalue weighted by atomic mass is 16.5. The van der Waals surface area contributed by atoms with Gasteiger partial charge in [-0.2, -0.15) is 0 Å². The maximum atomic E-state index is 13.8. The lowest BCUT2D eigenvalue weighted by Gasteiger charge is -2.32. The Hall–Kier alpha value is -6.86. The minimum Gasteiger partial charge on any atom is -0.478 e.